The lowest BCUT2D eigenvalue weighted by atomic mass is 10.1. The summed E-state index contributed by atoms with van der Waals surface area (Å²) in [7, 11) is 0. The molecule has 0 bridgehead atoms. The van der Waals surface area contributed by atoms with E-state index in [0.717, 1.165) is 0 Å². The topological polar surface area (TPSA) is 127 Å². The molecule has 1 aromatic carbocycles. The van der Waals surface area contributed by atoms with E-state index in [1.807, 2.05) is 6.07 Å². The first-order valence-corrected chi connectivity index (χ1v) is 10.0. The van der Waals surface area contributed by atoms with Crippen LogP contribution in [0.1, 0.15) is 55.4 Å². The molecule has 0 unspecified atom stereocenters. The average molecular weight is 429 g/mol. The van der Waals surface area contributed by atoms with Gasteiger partial charge in [-0.05, 0) is 39.3 Å². The van der Waals surface area contributed by atoms with Crippen LogP contribution in [0.4, 0.5) is 4.79 Å². The third kappa shape index (κ3) is 6.03. The molecule has 0 saturated carbocycles. The molecule has 166 valence electrons. The van der Waals surface area contributed by atoms with Crippen LogP contribution < -0.4 is 10.6 Å². The van der Waals surface area contributed by atoms with E-state index in [-0.39, 0.29) is 30.9 Å². The van der Waals surface area contributed by atoms with E-state index >= 15 is 0 Å². The number of hydrogen-bond acceptors (Lipinski definition) is 7. The van der Waals surface area contributed by atoms with Gasteiger partial charge in [0.05, 0.1) is 0 Å². The van der Waals surface area contributed by atoms with E-state index in [0.29, 0.717) is 23.8 Å². The van der Waals surface area contributed by atoms with Gasteiger partial charge in [0.25, 0.3) is 5.91 Å². The molecule has 2 atom stereocenters. The molecule has 0 aliphatic carbocycles. The van der Waals surface area contributed by atoms with Crippen molar-refractivity contribution >= 4 is 17.9 Å². The standard InChI is InChI=1S/C21H27N5O5/c1-13-24-25-19(30-13)16-10-15(23-18(28)14-8-6-5-7-9-14)12-26(16)17(27)11-22-20(29)31-21(2,3)4/h5-9,15-16H,10-12H2,1-4H3,(H,22,29)(H,23,28)/t15-,16+/m1/s1. The summed E-state index contributed by atoms with van der Waals surface area (Å²) in [6, 6.07) is 8.02. The summed E-state index contributed by atoms with van der Waals surface area (Å²) >= 11 is 0. The Bertz CT molecular complexity index is 937. The fraction of sp³-hybridized carbons (Fsp3) is 0.476. The molecule has 1 saturated heterocycles. The lowest BCUT2D eigenvalue weighted by molar-refractivity contribution is -0.131. The molecule has 1 aliphatic heterocycles. The normalized spacial score (nSPS) is 18.5. The minimum Gasteiger partial charge on any atom is -0.444 e. The maximum absolute atomic E-state index is 12.9. The molecule has 1 aromatic heterocycles. The molecule has 0 radical (unpaired) electrons. The summed E-state index contributed by atoms with van der Waals surface area (Å²) in [5.41, 5.74) is -0.138. The van der Waals surface area contributed by atoms with Gasteiger partial charge in [-0.1, -0.05) is 18.2 Å². The van der Waals surface area contributed by atoms with E-state index < -0.39 is 17.7 Å². The number of amides is 3. The highest BCUT2D eigenvalue weighted by Crippen LogP contribution is 2.31. The van der Waals surface area contributed by atoms with Crippen molar-refractivity contribution in [3.8, 4) is 0 Å². The fourth-order valence-electron chi connectivity index (χ4n) is 3.32. The summed E-state index contributed by atoms with van der Waals surface area (Å²) < 4.78 is 10.7. The van der Waals surface area contributed by atoms with Crippen molar-refractivity contribution < 1.29 is 23.5 Å². The third-order valence-corrected chi connectivity index (χ3v) is 4.60. The van der Waals surface area contributed by atoms with Crippen LogP contribution >= 0.6 is 0 Å². The molecule has 10 heteroatoms. The second-order valence-electron chi connectivity index (χ2n) is 8.35. The number of hydrogen-bond donors (Lipinski definition) is 2. The number of carbonyl (C=O) groups excluding carboxylic acids is 3. The fourth-order valence-corrected chi connectivity index (χ4v) is 3.32. The van der Waals surface area contributed by atoms with Gasteiger partial charge >= 0.3 is 6.09 Å². The van der Waals surface area contributed by atoms with Crippen LogP contribution in [0.25, 0.3) is 0 Å². The third-order valence-electron chi connectivity index (χ3n) is 4.60. The number of likely N-dealkylation sites (tertiary alicyclic amines) is 1. The van der Waals surface area contributed by atoms with Crippen molar-refractivity contribution in [3.63, 3.8) is 0 Å². The van der Waals surface area contributed by atoms with Gasteiger partial charge in [-0.2, -0.15) is 0 Å². The van der Waals surface area contributed by atoms with Crippen molar-refractivity contribution in [1.82, 2.24) is 25.7 Å². The zero-order valence-corrected chi connectivity index (χ0v) is 18.0. The largest absolute Gasteiger partial charge is 0.444 e. The second kappa shape index (κ2) is 9.15. The Hall–Kier alpha value is -3.43. The molecule has 3 amide bonds. The summed E-state index contributed by atoms with van der Waals surface area (Å²) in [5.74, 6) is 0.0982. The Kier molecular flexibility index (Phi) is 6.57. The number of nitrogens with zero attached hydrogens (tertiary/aromatic N) is 3. The summed E-state index contributed by atoms with van der Waals surface area (Å²) in [4.78, 5) is 38.8. The minimum absolute atomic E-state index is 0.229. The molecule has 1 fully saturated rings. The van der Waals surface area contributed by atoms with Gasteiger partial charge in [-0.15, -0.1) is 10.2 Å². The first-order valence-electron chi connectivity index (χ1n) is 10.0. The van der Waals surface area contributed by atoms with Crippen LogP contribution in [-0.4, -0.2) is 57.7 Å². The van der Waals surface area contributed by atoms with Crippen LogP contribution in [0.15, 0.2) is 34.7 Å². The Labute approximate surface area is 180 Å². The van der Waals surface area contributed by atoms with Gasteiger partial charge in [-0.25, -0.2) is 4.79 Å². The molecule has 31 heavy (non-hydrogen) atoms. The van der Waals surface area contributed by atoms with Gasteiger partial charge < -0.3 is 24.7 Å². The Morgan fingerprint density at radius 1 is 1.19 bits per heavy atom. The predicted octanol–water partition coefficient (Wildman–Crippen LogP) is 1.97. The van der Waals surface area contributed by atoms with Crippen molar-refractivity contribution in [2.45, 2.75) is 51.8 Å². The summed E-state index contributed by atoms with van der Waals surface area (Å²) in [6.07, 6.45) is -0.266. The van der Waals surface area contributed by atoms with Crippen LogP contribution in [0.5, 0.6) is 0 Å². The highest BCUT2D eigenvalue weighted by molar-refractivity contribution is 5.94. The first-order chi connectivity index (χ1) is 14.6. The number of alkyl carbamates (subject to hydrolysis) is 1. The molecule has 1 aliphatic rings. The van der Waals surface area contributed by atoms with Gasteiger partial charge in [0, 0.05) is 25.1 Å². The van der Waals surface area contributed by atoms with E-state index in [2.05, 4.69) is 20.8 Å². The molecular weight excluding hydrogens is 402 g/mol. The van der Waals surface area contributed by atoms with E-state index in [9.17, 15) is 14.4 Å². The predicted molar refractivity (Wildman–Crippen MR) is 110 cm³/mol. The highest BCUT2D eigenvalue weighted by atomic mass is 16.6. The smallest absolute Gasteiger partial charge is 0.408 e. The number of nitrogens with one attached hydrogen (secondary N) is 2. The number of rotatable bonds is 5. The minimum atomic E-state index is -0.681. The zero-order chi connectivity index (χ0) is 22.6. The van der Waals surface area contributed by atoms with Gasteiger partial charge in [0.15, 0.2) is 0 Å². The average Bonchev–Trinajstić information content (AvgIpc) is 3.31. The van der Waals surface area contributed by atoms with Gasteiger partial charge in [-0.3, -0.25) is 9.59 Å². The van der Waals surface area contributed by atoms with E-state index in [4.69, 9.17) is 9.15 Å². The molecule has 10 nitrogen and oxygen atoms in total. The Morgan fingerprint density at radius 2 is 1.90 bits per heavy atom. The lowest BCUT2D eigenvalue weighted by Crippen LogP contribution is -2.43. The molecule has 3 rings (SSSR count). The van der Waals surface area contributed by atoms with E-state index in [1.165, 1.54) is 4.90 Å². The zero-order valence-electron chi connectivity index (χ0n) is 18.0. The number of aromatic nitrogens is 2. The monoisotopic (exact) mass is 429 g/mol. The molecule has 0 spiro atoms. The summed E-state index contributed by atoms with van der Waals surface area (Å²) in [5, 5.41) is 13.3. The Morgan fingerprint density at radius 3 is 2.52 bits per heavy atom. The van der Waals surface area contributed by atoms with Crippen molar-refractivity contribution in [2.24, 2.45) is 0 Å². The van der Waals surface area contributed by atoms with Crippen molar-refractivity contribution in [1.29, 1.82) is 0 Å². The van der Waals surface area contributed by atoms with Crippen LogP contribution in [0.2, 0.25) is 0 Å². The highest BCUT2D eigenvalue weighted by Gasteiger charge is 2.40. The van der Waals surface area contributed by atoms with Gasteiger partial charge in [0.2, 0.25) is 17.7 Å². The lowest BCUT2D eigenvalue weighted by Gasteiger charge is -2.23. The van der Waals surface area contributed by atoms with E-state index in [1.54, 1.807) is 52.0 Å². The van der Waals surface area contributed by atoms with Crippen molar-refractivity contribution in [3.05, 3.63) is 47.7 Å². The molecule has 2 aromatic rings. The molecule has 2 heterocycles. The SMILES string of the molecule is Cc1nnc([C@@H]2C[C@@H](NC(=O)c3ccccc3)CN2C(=O)CNC(=O)OC(C)(C)C)o1. The summed E-state index contributed by atoms with van der Waals surface area (Å²) in [6.45, 7) is 6.88. The van der Waals surface area contributed by atoms with Crippen LogP contribution in [0, 0.1) is 6.92 Å². The molecular formula is C21H27N5O5. The van der Waals surface area contributed by atoms with Crippen LogP contribution in [0.3, 0.4) is 0 Å². The Balaban J connectivity index is 1.68. The maximum atomic E-state index is 12.9. The second-order valence-corrected chi connectivity index (χ2v) is 8.35. The number of carbonyl (C=O) groups is 3. The van der Waals surface area contributed by atoms with Gasteiger partial charge in [0.1, 0.15) is 18.2 Å². The maximum Gasteiger partial charge on any atom is 0.408 e. The molecule has 2 N–H and O–H groups in total. The first kappa shape index (κ1) is 22.3. The number of aryl methyl sites for hydroxylation is 1. The van der Waals surface area contributed by atoms with Crippen LogP contribution in [-0.2, 0) is 9.53 Å². The quantitative estimate of drug-likeness (QED) is 0.744. The number of ether oxygens (including phenoxy) is 1. The van der Waals surface area contributed by atoms with Crippen molar-refractivity contribution in [2.75, 3.05) is 13.1 Å². The number of benzene rings is 1.